The molecule has 4 nitrogen and oxygen atoms in total. The molecular weight excluding hydrogens is 384 g/mol. The Labute approximate surface area is 176 Å². The Morgan fingerprint density at radius 2 is 1.79 bits per heavy atom. The molecule has 29 heavy (non-hydrogen) atoms. The van der Waals surface area contributed by atoms with Crippen LogP contribution in [0.15, 0.2) is 60.8 Å². The number of nitrogens with one attached hydrogen (secondary N) is 1. The summed E-state index contributed by atoms with van der Waals surface area (Å²) < 4.78 is 6.31. The molecule has 3 aromatic rings. The van der Waals surface area contributed by atoms with Crippen LogP contribution >= 0.6 is 11.6 Å². The van der Waals surface area contributed by atoms with Crippen LogP contribution in [-0.2, 0) is 4.79 Å². The predicted octanol–water partition coefficient (Wildman–Crippen LogP) is 6.10. The fourth-order valence-electron chi connectivity index (χ4n) is 4.06. The van der Waals surface area contributed by atoms with Gasteiger partial charge in [-0.05, 0) is 74.1 Å². The molecule has 5 heteroatoms. The average molecular weight is 409 g/mol. The molecule has 0 bridgehead atoms. The number of rotatable bonds is 5. The molecule has 0 spiro atoms. The highest BCUT2D eigenvalue weighted by molar-refractivity contribution is 6.30. The molecular formula is C24H25ClN2O2. The molecule has 0 saturated heterocycles. The smallest absolute Gasteiger partial charge is 0.227 e. The normalized spacial score (nSPS) is 20.2. The van der Waals surface area contributed by atoms with Gasteiger partial charge in [-0.25, -0.2) is 0 Å². The minimum absolute atomic E-state index is 0.0339. The van der Waals surface area contributed by atoms with Crippen molar-refractivity contribution < 1.29 is 9.53 Å². The van der Waals surface area contributed by atoms with Crippen molar-refractivity contribution in [3.05, 3.63) is 65.8 Å². The Hall–Kier alpha value is -2.59. The van der Waals surface area contributed by atoms with Gasteiger partial charge >= 0.3 is 0 Å². The van der Waals surface area contributed by atoms with Gasteiger partial charge in [0, 0.05) is 28.2 Å². The van der Waals surface area contributed by atoms with Gasteiger partial charge in [0.1, 0.15) is 5.75 Å². The fraction of sp³-hybridized carbons (Fsp3) is 0.333. The summed E-state index contributed by atoms with van der Waals surface area (Å²) >= 11 is 5.91. The van der Waals surface area contributed by atoms with Crippen molar-refractivity contribution in [2.45, 2.75) is 38.7 Å². The molecule has 0 radical (unpaired) electrons. The molecule has 1 saturated carbocycles. The van der Waals surface area contributed by atoms with Crippen LogP contribution in [0.2, 0.25) is 5.02 Å². The number of ether oxygens (including phenoxy) is 1. The van der Waals surface area contributed by atoms with Crippen molar-refractivity contribution in [3.63, 3.8) is 0 Å². The van der Waals surface area contributed by atoms with Gasteiger partial charge < -0.3 is 10.1 Å². The zero-order valence-corrected chi connectivity index (χ0v) is 17.2. The Bertz CT molecular complexity index is 976. The minimum atomic E-state index is -0.0339. The van der Waals surface area contributed by atoms with Crippen molar-refractivity contribution in [1.82, 2.24) is 4.98 Å². The highest BCUT2D eigenvalue weighted by Crippen LogP contribution is 2.34. The van der Waals surface area contributed by atoms with Crippen LogP contribution < -0.4 is 10.1 Å². The van der Waals surface area contributed by atoms with E-state index in [0.29, 0.717) is 10.9 Å². The van der Waals surface area contributed by atoms with E-state index in [1.807, 2.05) is 49.4 Å². The van der Waals surface area contributed by atoms with Crippen LogP contribution in [0.5, 0.6) is 5.75 Å². The third-order valence-electron chi connectivity index (χ3n) is 5.85. The number of pyridine rings is 1. The summed E-state index contributed by atoms with van der Waals surface area (Å²) in [6, 6.07) is 17.2. The number of hydrogen-bond donors (Lipinski definition) is 1. The summed E-state index contributed by atoms with van der Waals surface area (Å²) in [4.78, 5) is 17.0. The average Bonchev–Trinajstić information content (AvgIpc) is 2.75. The highest BCUT2D eigenvalue weighted by Gasteiger charge is 2.30. The number of amides is 1. The first-order valence-corrected chi connectivity index (χ1v) is 10.5. The summed E-state index contributed by atoms with van der Waals surface area (Å²) in [5.74, 6) is 1.30. The van der Waals surface area contributed by atoms with Crippen molar-refractivity contribution >= 4 is 34.1 Å². The van der Waals surface area contributed by atoms with Gasteiger partial charge in [-0.1, -0.05) is 30.7 Å². The molecule has 1 fully saturated rings. The van der Waals surface area contributed by atoms with Crippen molar-refractivity contribution in [2.24, 2.45) is 11.8 Å². The number of carbonyl (C=O) groups excluding carboxylic acids is 1. The van der Waals surface area contributed by atoms with E-state index < -0.39 is 0 Å². The van der Waals surface area contributed by atoms with E-state index in [4.69, 9.17) is 16.3 Å². The Morgan fingerprint density at radius 3 is 2.55 bits per heavy atom. The van der Waals surface area contributed by atoms with Gasteiger partial charge in [-0.2, -0.15) is 0 Å². The van der Waals surface area contributed by atoms with E-state index in [9.17, 15) is 4.79 Å². The molecule has 0 aliphatic heterocycles. The predicted molar refractivity (Wildman–Crippen MR) is 117 cm³/mol. The van der Waals surface area contributed by atoms with Gasteiger partial charge in [0.25, 0.3) is 0 Å². The van der Waals surface area contributed by atoms with Gasteiger partial charge in [-0.3, -0.25) is 9.78 Å². The minimum Gasteiger partial charge on any atom is -0.490 e. The lowest BCUT2D eigenvalue weighted by molar-refractivity contribution is -0.121. The van der Waals surface area contributed by atoms with E-state index in [-0.39, 0.29) is 17.9 Å². The van der Waals surface area contributed by atoms with E-state index >= 15 is 0 Å². The maximum Gasteiger partial charge on any atom is 0.227 e. The summed E-state index contributed by atoms with van der Waals surface area (Å²) in [5, 5.41) is 4.71. The highest BCUT2D eigenvalue weighted by atomic mass is 35.5. The summed E-state index contributed by atoms with van der Waals surface area (Å²) in [7, 11) is 0. The lowest BCUT2D eigenvalue weighted by Gasteiger charge is -2.32. The molecule has 1 aromatic heterocycles. The summed E-state index contributed by atoms with van der Waals surface area (Å²) in [5.41, 5.74) is 1.74. The lowest BCUT2D eigenvalue weighted by Crippen LogP contribution is -2.32. The molecule has 150 valence electrons. The van der Waals surface area contributed by atoms with E-state index in [1.54, 1.807) is 18.3 Å². The zero-order chi connectivity index (χ0) is 20.2. The van der Waals surface area contributed by atoms with Crippen molar-refractivity contribution in [2.75, 3.05) is 5.32 Å². The van der Waals surface area contributed by atoms with E-state index in [2.05, 4.69) is 10.3 Å². The first kappa shape index (κ1) is 19.7. The summed E-state index contributed by atoms with van der Waals surface area (Å²) in [6.45, 7) is 2.02. The molecule has 2 aromatic carbocycles. The third-order valence-corrected chi connectivity index (χ3v) is 6.11. The fourth-order valence-corrected chi connectivity index (χ4v) is 4.19. The summed E-state index contributed by atoms with van der Waals surface area (Å²) in [6.07, 6.45) is 5.88. The Morgan fingerprint density at radius 1 is 1.07 bits per heavy atom. The molecule has 1 heterocycles. The number of aromatic nitrogens is 1. The van der Waals surface area contributed by atoms with E-state index in [0.717, 1.165) is 48.0 Å². The molecule has 4 rings (SSSR count). The van der Waals surface area contributed by atoms with Crippen LogP contribution in [-0.4, -0.2) is 17.0 Å². The van der Waals surface area contributed by atoms with Crippen LogP contribution in [0.4, 0.5) is 5.69 Å². The second kappa shape index (κ2) is 8.83. The molecule has 1 aliphatic carbocycles. The lowest BCUT2D eigenvalue weighted by atomic mass is 9.79. The van der Waals surface area contributed by atoms with E-state index in [1.165, 1.54) is 0 Å². The number of benzene rings is 2. The largest absolute Gasteiger partial charge is 0.490 e. The first-order valence-electron chi connectivity index (χ1n) is 10.2. The zero-order valence-electron chi connectivity index (χ0n) is 16.5. The van der Waals surface area contributed by atoms with Crippen molar-refractivity contribution in [3.8, 4) is 5.75 Å². The topological polar surface area (TPSA) is 51.2 Å². The third kappa shape index (κ3) is 4.70. The number of carbonyl (C=O) groups is 1. The molecule has 1 N–H and O–H groups in total. The Balaban J connectivity index is 1.32. The standard InChI is InChI=1S/C24H25ClN2O2/c1-16(24(28)27-19-10-8-18(25)9-11-19)17-6-12-20(13-7-17)29-23-14-15-26-22-5-3-2-4-21(22)23/h2-5,8-11,14-17,20H,6-7,12-13H2,1H3,(H,27,28). The first-order chi connectivity index (χ1) is 14.1. The number of hydrogen-bond acceptors (Lipinski definition) is 3. The quantitative estimate of drug-likeness (QED) is 0.554. The van der Waals surface area contributed by atoms with Gasteiger partial charge in [-0.15, -0.1) is 0 Å². The SMILES string of the molecule is CC(C(=O)Nc1ccc(Cl)cc1)C1CCC(Oc2ccnc3ccccc23)CC1. The van der Waals surface area contributed by atoms with Gasteiger partial charge in [0.2, 0.25) is 5.91 Å². The maximum absolute atomic E-state index is 12.6. The van der Waals surface area contributed by atoms with Crippen molar-refractivity contribution in [1.29, 1.82) is 0 Å². The van der Waals surface area contributed by atoms with Crippen LogP contribution in [0.1, 0.15) is 32.6 Å². The van der Waals surface area contributed by atoms with Crippen LogP contribution in [0, 0.1) is 11.8 Å². The van der Waals surface area contributed by atoms with Gasteiger partial charge in [0.05, 0.1) is 11.6 Å². The molecule has 1 amide bonds. The Kier molecular flexibility index (Phi) is 6.00. The molecule has 1 unspecified atom stereocenters. The maximum atomic E-state index is 12.6. The molecule has 1 atom stereocenters. The second-order valence-corrected chi connectivity index (χ2v) is 8.20. The number of anilines is 1. The van der Waals surface area contributed by atoms with Crippen LogP contribution in [0.25, 0.3) is 10.9 Å². The molecule has 1 aliphatic rings. The number of halogens is 1. The number of nitrogens with zero attached hydrogens (tertiary/aromatic N) is 1. The number of para-hydroxylation sites is 1. The number of fused-ring (bicyclic) bond motifs is 1. The van der Waals surface area contributed by atoms with Crippen LogP contribution in [0.3, 0.4) is 0 Å². The van der Waals surface area contributed by atoms with Gasteiger partial charge in [0.15, 0.2) is 0 Å². The monoisotopic (exact) mass is 408 g/mol. The second-order valence-electron chi connectivity index (χ2n) is 7.77.